The van der Waals surface area contributed by atoms with E-state index in [1.807, 2.05) is 0 Å². The minimum atomic E-state index is -0.580. The van der Waals surface area contributed by atoms with Crippen LogP contribution in [0.1, 0.15) is 11.1 Å². The molecule has 6 nitrogen and oxygen atoms in total. The Morgan fingerprint density at radius 3 is 2.38 bits per heavy atom. The fourth-order valence-electron chi connectivity index (χ4n) is 3.76. The molecule has 0 fully saturated rings. The van der Waals surface area contributed by atoms with Gasteiger partial charge in [0.15, 0.2) is 5.82 Å². The van der Waals surface area contributed by atoms with E-state index in [1.165, 1.54) is 12.3 Å². The van der Waals surface area contributed by atoms with Crippen molar-refractivity contribution in [1.29, 1.82) is 0 Å². The highest BCUT2D eigenvalue weighted by Gasteiger charge is 2.15. The fourth-order valence-corrected chi connectivity index (χ4v) is 4.38. The monoisotopic (exact) mass is 573 g/mol. The van der Waals surface area contributed by atoms with Crippen LogP contribution in [-0.4, -0.2) is 21.8 Å². The lowest BCUT2D eigenvalue weighted by Crippen LogP contribution is -2.20. The second-order valence-electron chi connectivity index (χ2n) is 8.28. The topological polar surface area (TPSA) is 73.5 Å². The van der Waals surface area contributed by atoms with E-state index in [1.54, 1.807) is 97.1 Å². The first-order valence-electron chi connectivity index (χ1n) is 11.6. The van der Waals surface area contributed by atoms with Crippen molar-refractivity contribution in [2.24, 2.45) is 5.10 Å². The van der Waals surface area contributed by atoms with Crippen LogP contribution in [0.4, 0.5) is 0 Å². The van der Waals surface area contributed by atoms with Gasteiger partial charge in [0, 0.05) is 27.2 Å². The molecule has 0 aliphatic carbocycles. The molecular weight excluding hydrogens is 557 g/mol. The van der Waals surface area contributed by atoms with Crippen LogP contribution in [0.3, 0.4) is 0 Å². The van der Waals surface area contributed by atoms with Crippen molar-refractivity contribution in [3.63, 3.8) is 0 Å². The first-order valence-corrected chi connectivity index (χ1v) is 12.8. The van der Waals surface area contributed by atoms with Crippen molar-refractivity contribution >= 4 is 64.0 Å². The van der Waals surface area contributed by atoms with Crippen molar-refractivity contribution in [1.82, 2.24) is 9.66 Å². The van der Waals surface area contributed by atoms with Crippen LogP contribution in [0, 0.1) is 0 Å². The minimum absolute atomic E-state index is 0.233. The molecule has 0 aliphatic heterocycles. The van der Waals surface area contributed by atoms with E-state index in [0.29, 0.717) is 37.1 Å². The molecule has 5 aromatic rings. The molecule has 0 saturated heterocycles. The van der Waals surface area contributed by atoms with E-state index in [2.05, 4.69) is 10.1 Å². The van der Waals surface area contributed by atoms with E-state index in [-0.39, 0.29) is 11.6 Å². The number of esters is 1. The van der Waals surface area contributed by atoms with Crippen LogP contribution < -0.4 is 10.3 Å². The van der Waals surface area contributed by atoms with Gasteiger partial charge in [-0.15, -0.1) is 0 Å². The van der Waals surface area contributed by atoms with Gasteiger partial charge < -0.3 is 4.74 Å². The molecule has 0 unspecified atom stereocenters. The molecule has 1 heterocycles. The third-order valence-electron chi connectivity index (χ3n) is 5.65. The summed E-state index contributed by atoms with van der Waals surface area (Å²) in [4.78, 5) is 30.6. The normalized spacial score (nSPS) is 11.5. The summed E-state index contributed by atoms with van der Waals surface area (Å²) in [5, 5.41) is 6.19. The van der Waals surface area contributed by atoms with Gasteiger partial charge in [0.25, 0.3) is 5.56 Å². The predicted octanol–water partition coefficient (Wildman–Crippen LogP) is 7.52. The highest BCUT2D eigenvalue weighted by atomic mass is 35.5. The van der Waals surface area contributed by atoms with Crippen molar-refractivity contribution < 1.29 is 9.53 Å². The number of rotatable bonds is 6. The van der Waals surface area contributed by atoms with E-state index in [4.69, 9.17) is 39.5 Å². The molecule has 0 N–H and O–H groups in total. The molecule has 9 heteroatoms. The van der Waals surface area contributed by atoms with Crippen LogP contribution in [-0.2, 0) is 4.79 Å². The zero-order valence-corrected chi connectivity index (χ0v) is 22.4. The third-order valence-corrected chi connectivity index (χ3v) is 6.45. The van der Waals surface area contributed by atoms with Gasteiger partial charge in [-0.2, -0.15) is 9.78 Å². The number of carbonyl (C=O) groups excluding carboxylic acids is 1. The Hall–Kier alpha value is -4.23. The average Bonchev–Trinajstić information content (AvgIpc) is 2.93. The Kier molecular flexibility index (Phi) is 7.89. The third kappa shape index (κ3) is 6.10. The molecule has 39 heavy (non-hydrogen) atoms. The molecule has 0 aliphatic rings. The number of para-hydroxylation sites is 2. The van der Waals surface area contributed by atoms with E-state index in [0.717, 1.165) is 10.2 Å². The lowest BCUT2D eigenvalue weighted by atomic mass is 10.2. The summed E-state index contributed by atoms with van der Waals surface area (Å²) in [6.07, 6.45) is 4.37. The van der Waals surface area contributed by atoms with E-state index in [9.17, 15) is 9.59 Å². The second kappa shape index (κ2) is 11.7. The minimum Gasteiger partial charge on any atom is -0.423 e. The Morgan fingerprint density at radius 2 is 1.59 bits per heavy atom. The van der Waals surface area contributed by atoms with Crippen molar-refractivity contribution in [2.45, 2.75) is 0 Å². The summed E-state index contributed by atoms with van der Waals surface area (Å²) in [7, 11) is 0. The number of carbonyl (C=O) groups is 1. The number of benzene rings is 4. The van der Waals surface area contributed by atoms with Gasteiger partial charge in [-0.05, 0) is 66.2 Å². The van der Waals surface area contributed by atoms with Gasteiger partial charge in [-0.1, -0.05) is 71.2 Å². The van der Waals surface area contributed by atoms with Gasteiger partial charge in [0.1, 0.15) is 5.75 Å². The van der Waals surface area contributed by atoms with Crippen LogP contribution in [0.5, 0.6) is 5.75 Å². The lowest BCUT2D eigenvalue weighted by molar-refractivity contribution is -0.128. The largest absolute Gasteiger partial charge is 0.423 e. The number of fused-ring (bicyclic) bond motifs is 1. The Bertz CT molecular complexity index is 1810. The lowest BCUT2D eigenvalue weighted by Gasteiger charge is -2.11. The highest BCUT2D eigenvalue weighted by Crippen LogP contribution is 2.29. The molecule has 0 radical (unpaired) electrons. The summed E-state index contributed by atoms with van der Waals surface area (Å²) in [5.74, 6) is -0.0826. The molecule has 1 aromatic heterocycles. The summed E-state index contributed by atoms with van der Waals surface area (Å²) in [6.45, 7) is 0. The molecule has 0 spiro atoms. The zero-order chi connectivity index (χ0) is 27.4. The van der Waals surface area contributed by atoms with Gasteiger partial charge in [0.2, 0.25) is 0 Å². The van der Waals surface area contributed by atoms with Gasteiger partial charge in [0.05, 0.1) is 22.1 Å². The van der Waals surface area contributed by atoms with Gasteiger partial charge >= 0.3 is 5.97 Å². The number of nitrogens with zero attached hydrogens (tertiary/aromatic N) is 3. The van der Waals surface area contributed by atoms with E-state index >= 15 is 0 Å². The standard InChI is InChI=1S/C30H18Cl3N3O3/c31-21-12-9-19(10-13-21)11-16-28(37)39-27-8-4-1-5-20(27)18-34-36-29(23-15-14-22(32)17-25(23)33)35-26-7-3-2-6-24(26)30(36)38/h1-18H/b16-11+,34-18?. The predicted molar refractivity (Wildman–Crippen MR) is 157 cm³/mol. The van der Waals surface area contributed by atoms with Crippen molar-refractivity contribution in [2.75, 3.05) is 0 Å². The molecular formula is C30H18Cl3N3O3. The quantitative estimate of drug-likeness (QED) is 0.0910. The summed E-state index contributed by atoms with van der Waals surface area (Å²) in [6, 6.07) is 25.7. The maximum atomic E-state index is 13.5. The van der Waals surface area contributed by atoms with Crippen molar-refractivity contribution in [3.8, 4) is 17.1 Å². The number of halogens is 3. The Balaban J connectivity index is 1.51. The van der Waals surface area contributed by atoms with Gasteiger partial charge in [-0.25, -0.2) is 9.78 Å². The summed E-state index contributed by atoms with van der Waals surface area (Å²) >= 11 is 18.4. The Morgan fingerprint density at radius 1 is 0.872 bits per heavy atom. The maximum Gasteiger partial charge on any atom is 0.336 e. The molecule has 0 bridgehead atoms. The van der Waals surface area contributed by atoms with Crippen LogP contribution in [0.2, 0.25) is 15.1 Å². The molecule has 0 atom stereocenters. The molecule has 0 saturated carbocycles. The Labute approximate surface area is 238 Å². The first-order chi connectivity index (χ1) is 18.9. The zero-order valence-electron chi connectivity index (χ0n) is 20.1. The molecule has 5 rings (SSSR count). The number of aromatic nitrogens is 2. The fraction of sp³-hybridized carbons (Fsp3) is 0. The summed E-state index contributed by atoms with van der Waals surface area (Å²) < 4.78 is 6.71. The van der Waals surface area contributed by atoms with Gasteiger partial charge in [-0.3, -0.25) is 4.79 Å². The van der Waals surface area contributed by atoms with Crippen molar-refractivity contribution in [3.05, 3.63) is 134 Å². The molecule has 192 valence electrons. The maximum absolute atomic E-state index is 13.5. The number of hydrogen-bond acceptors (Lipinski definition) is 5. The summed E-state index contributed by atoms with van der Waals surface area (Å²) in [5.41, 5.74) is 1.85. The van der Waals surface area contributed by atoms with Crippen LogP contribution in [0.25, 0.3) is 28.4 Å². The SMILES string of the molecule is O=C(/C=C/c1ccc(Cl)cc1)Oc1ccccc1C=Nn1c(-c2ccc(Cl)cc2Cl)nc2ccccc2c1=O. The second-order valence-corrected chi connectivity index (χ2v) is 9.56. The van der Waals surface area contributed by atoms with Crippen LogP contribution >= 0.6 is 34.8 Å². The highest BCUT2D eigenvalue weighted by molar-refractivity contribution is 6.36. The average molecular weight is 575 g/mol. The van der Waals surface area contributed by atoms with E-state index < -0.39 is 11.5 Å². The van der Waals surface area contributed by atoms with Crippen LogP contribution in [0.15, 0.2) is 107 Å². The molecule has 4 aromatic carbocycles. The number of hydrogen-bond donors (Lipinski definition) is 0. The smallest absolute Gasteiger partial charge is 0.336 e. The molecule has 0 amide bonds. The number of ether oxygens (including phenoxy) is 1. The first kappa shape index (κ1) is 26.4.